The van der Waals surface area contributed by atoms with Crippen LogP contribution in [0.25, 0.3) is 0 Å². The number of likely N-dealkylation sites (N-methyl/N-ethyl adjacent to an activating group) is 1. The van der Waals surface area contributed by atoms with Crippen molar-refractivity contribution in [2.24, 2.45) is 0 Å². The molecule has 34 heavy (non-hydrogen) atoms. The van der Waals surface area contributed by atoms with Crippen molar-refractivity contribution < 1.29 is 22.7 Å². The second kappa shape index (κ2) is 10.4. The summed E-state index contributed by atoms with van der Waals surface area (Å²) in [4.78, 5) is 25.9. The minimum Gasteiger partial charge on any atom is -0.484 e. The van der Waals surface area contributed by atoms with E-state index in [1.165, 1.54) is 17.0 Å². The zero-order valence-electron chi connectivity index (χ0n) is 19.5. The first-order chi connectivity index (χ1) is 16.0. The van der Waals surface area contributed by atoms with E-state index in [9.17, 15) is 18.0 Å². The van der Waals surface area contributed by atoms with E-state index >= 15 is 0 Å². The van der Waals surface area contributed by atoms with Crippen molar-refractivity contribution in [1.82, 2.24) is 4.90 Å². The summed E-state index contributed by atoms with van der Waals surface area (Å²) in [5.74, 6) is -0.124. The smallest absolute Gasteiger partial charge is 0.261 e. The lowest BCUT2D eigenvalue weighted by Crippen LogP contribution is -2.27. The number of carbonyl (C=O) groups is 2. The second-order valence-electron chi connectivity index (χ2n) is 8.01. The number of benzene rings is 3. The molecule has 0 saturated carbocycles. The first kappa shape index (κ1) is 24.8. The summed E-state index contributed by atoms with van der Waals surface area (Å²) in [7, 11) is -0.590. The molecule has 0 heterocycles. The van der Waals surface area contributed by atoms with Gasteiger partial charge in [0, 0.05) is 31.0 Å². The summed E-state index contributed by atoms with van der Waals surface area (Å²) < 4.78 is 33.7. The van der Waals surface area contributed by atoms with Crippen LogP contribution in [0.5, 0.6) is 5.75 Å². The quantitative estimate of drug-likeness (QED) is 0.509. The number of hydrogen-bond acceptors (Lipinski definition) is 5. The van der Waals surface area contributed by atoms with Crippen LogP contribution in [0.3, 0.4) is 0 Å². The molecule has 0 saturated heterocycles. The Bertz CT molecular complexity index is 1300. The van der Waals surface area contributed by atoms with Gasteiger partial charge in [0.25, 0.3) is 21.8 Å². The summed E-state index contributed by atoms with van der Waals surface area (Å²) in [6.07, 6.45) is 0. The molecule has 3 rings (SSSR count). The third kappa shape index (κ3) is 6.35. The Labute approximate surface area is 199 Å². The molecule has 2 N–H and O–H groups in total. The number of nitrogens with zero attached hydrogens (tertiary/aromatic N) is 1. The van der Waals surface area contributed by atoms with Gasteiger partial charge >= 0.3 is 0 Å². The van der Waals surface area contributed by atoms with Crippen molar-refractivity contribution in [3.63, 3.8) is 0 Å². The summed E-state index contributed by atoms with van der Waals surface area (Å²) in [6, 6.07) is 18.0. The normalized spacial score (nSPS) is 10.9. The van der Waals surface area contributed by atoms with E-state index in [0.717, 1.165) is 5.56 Å². The minimum atomic E-state index is -3.88. The molecular formula is C25H27N3O5S. The van der Waals surface area contributed by atoms with Crippen molar-refractivity contribution in [2.45, 2.75) is 18.7 Å². The number of aryl methyl sites for hydroxylation is 2. The zero-order chi connectivity index (χ0) is 24.9. The van der Waals surface area contributed by atoms with Crippen LogP contribution in [0.15, 0.2) is 71.6 Å². The molecule has 0 aliphatic rings. The Morgan fingerprint density at radius 1 is 0.912 bits per heavy atom. The molecule has 9 heteroatoms. The van der Waals surface area contributed by atoms with Gasteiger partial charge in [-0.05, 0) is 73.5 Å². The number of rotatable bonds is 8. The van der Waals surface area contributed by atoms with E-state index < -0.39 is 15.9 Å². The van der Waals surface area contributed by atoms with E-state index in [1.807, 2.05) is 13.0 Å². The minimum absolute atomic E-state index is 0.0148. The molecule has 0 aliphatic carbocycles. The lowest BCUT2D eigenvalue weighted by Gasteiger charge is -2.13. The Balaban J connectivity index is 1.73. The highest BCUT2D eigenvalue weighted by Gasteiger charge is 2.19. The average Bonchev–Trinajstić information content (AvgIpc) is 2.78. The number of carbonyl (C=O) groups excluding carboxylic acids is 2. The fourth-order valence-electron chi connectivity index (χ4n) is 3.04. The summed E-state index contributed by atoms with van der Waals surface area (Å²) in [6.45, 7) is 3.52. The predicted molar refractivity (Wildman–Crippen MR) is 132 cm³/mol. The van der Waals surface area contributed by atoms with Crippen molar-refractivity contribution in [3.05, 3.63) is 83.4 Å². The largest absolute Gasteiger partial charge is 0.484 e. The first-order valence-corrected chi connectivity index (χ1v) is 12.0. The molecule has 0 unspecified atom stereocenters. The van der Waals surface area contributed by atoms with Crippen LogP contribution >= 0.6 is 0 Å². The SMILES string of the molecule is Cc1cccc(NS(=O)(=O)c2ccc(C)c(C(=O)Nc3ccc(OCC(=O)N(C)C)cc3)c2)c1. The first-order valence-electron chi connectivity index (χ1n) is 10.5. The van der Waals surface area contributed by atoms with Gasteiger partial charge in [0.2, 0.25) is 0 Å². The highest BCUT2D eigenvalue weighted by Crippen LogP contribution is 2.22. The van der Waals surface area contributed by atoms with Crippen LogP contribution in [0, 0.1) is 13.8 Å². The van der Waals surface area contributed by atoms with Crippen LogP contribution in [-0.2, 0) is 14.8 Å². The van der Waals surface area contributed by atoms with Crippen LogP contribution in [-0.4, -0.2) is 45.8 Å². The number of sulfonamides is 1. The van der Waals surface area contributed by atoms with Gasteiger partial charge in [-0.2, -0.15) is 0 Å². The molecule has 0 aromatic heterocycles. The van der Waals surface area contributed by atoms with Gasteiger partial charge in [0.05, 0.1) is 4.90 Å². The highest BCUT2D eigenvalue weighted by molar-refractivity contribution is 7.92. The maximum absolute atomic E-state index is 12.9. The molecule has 3 aromatic carbocycles. The Kier molecular flexibility index (Phi) is 7.57. The molecule has 0 radical (unpaired) electrons. The monoisotopic (exact) mass is 481 g/mol. The molecule has 0 spiro atoms. The molecular weight excluding hydrogens is 454 g/mol. The fourth-order valence-corrected chi connectivity index (χ4v) is 4.12. The molecule has 3 aromatic rings. The number of ether oxygens (including phenoxy) is 1. The fraction of sp³-hybridized carbons (Fsp3) is 0.200. The van der Waals surface area contributed by atoms with Crippen LogP contribution in [0.1, 0.15) is 21.5 Å². The van der Waals surface area contributed by atoms with Gasteiger partial charge in [0.15, 0.2) is 6.61 Å². The maximum atomic E-state index is 12.9. The maximum Gasteiger partial charge on any atom is 0.261 e. The van der Waals surface area contributed by atoms with E-state index in [-0.39, 0.29) is 23.0 Å². The Hall–Kier alpha value is -3.85. The Morgan fingerprint density at radius 2 is 1.62 bits per heavy atom. The second-order valence-corrected chi connectivity index (χ2v) is 9.69. The lowest BCUT2D eigenvalue weighted by atomic mass is 10.1. The highest BCUT2D eigenvalue weighted by atomic mass is 32.2. The van der Waals surface area contributed by atoms with E-state index in [1.54, 1.807) is 69.6 Å². The molecule has 0 atom stereocenters. The number of hydrogen-bond donors (Lipinski definition) is 2. The van der Waals surface area contributed by atoms with Crippen molar-refractivity contribution in [1.29, 1.82) is 0 Å². The summed E-state index contributed by atoms with van der Waals surface area (Å²) >= 11 is 0. The van der Waals surface area contributed by atoms with Crippen LogP contribution < -0.4 is 14.8 Å². The van der Waals surface area contributed by atoms with Crippen molar-refractivity contribution in [2.75, 3.05) is 30.7 Å². The Morgan fingerprint density at radius 3 is 2.26 bits per heavy atom. The van der Waals surface area contributed by atoms with Gasteiger partial charge < -0.3 is 15.0 Å². The average molecular weight is 482 g/mol. The molecule has 178 valence electrons. The van der Waals surface area contributed by atoms with E-state index in [0.29, 0.717) is 22.7 Å². The van der Waals surface area contributed by atoms with Gasteiger partial charge in [-0.3, -0.25) is 14.3 Å². The molecule has 0 aliphatic heterocycles. The van der Waals surface area contributed by atoms with Gasteiger partial charge in [-0.1, -0.05) is 18.2 Å². The number of nitrogens with one attached hydrogen (secondary N) is 2. The van der Waals surface area contributed by atoms with Gasteiger partial charge in [-0.15, -0.1) is 0 Å². The van der Waals surface area contributed by atoms with E-state index in [4.69, 9.17) is 4.74 Å². The zero-order valence-corrected chi connectivity index (χ0v) is 20.3. The van der Waals surface area contributed by atoms with Gasteiger partial charge in [0.1, 0.15) is 5.75 Å². The third-order valence-electron chi connectivity index (χ3n) is 5.01. The molecule has 0 bridgehead atoms. The summed E-state index contributed by atoms with van der Waals surface area (Å²) in [5, 5.41) is 2.76. The van der Waals surface area contributed by atoms with Gasteiger partial charge in [-0.25, -0.2) is 8.42 Å². The van der Waals surface area contributed by atoms with E-state index in [2.05, 4.69) is 10.0 Å². The van der Waals surface area contributed by atoms with Crippen molar-refractivity contribution in [3.8, 4) is 5.75 Å². The topological polar surface area (TPSA) is 105 Å². The predicted octanol–water partition coefficient (Wildman–Crippen LogP) is 3.82. The molecule has 2 amide bonds. The van der Waals surface area contributed by atoms with Crippen LogP contribution in [0.4, 0.5) is 11.4 Å². The number of amides is 2. The van der Waals surface area contributed by atoms with Crippen LogP contribution in [0.2, 0.25) is 0 Å². The number of anilines is 2. The standard InChI is InChI=1S/C25H27N3O5S/c1-17-6-5-7-20(14-17)27-34(31,32)22-13-8-18(2)23(15-22)25(30)26-19-9-11-21(12-10-19)33-16-24(29)28(3)4/h5-15,27H,16H2,1-4H3,(H,26,30). The molecule has 0 fully saturated rings. The lowest BCUT2D eigenvalue weighted by molar-refractivity contribution is -0.130. The van der Waals surface area contributed by atoms with Crippen molar-refractivity contribution >= 4 is 33.2 Å². The summed E-state index contributed by atoms with van der Waals surface area (Å²) in [5.41, 5.74) is 2.74. The molecule has 8 nitrogen and oxygen atoms in total. The third-order valence-corrected chi connectivity index (χ3v) is 6.39.